The second-order valence-electron chi connectivity index (χ2n) is 5.76. The van der Waals surface area contributed by atoms with Gasteiger partial charge in [-0.3, -0.25) is 4.79 Å². The number of carbonyl (C=O) groups excluding carboxylic acids is 1. The van der Waals surface area contributed by atoms with E-state index in [-0.39, 0.29) is 18.6 Å². The highest BCUT2D eigenvalue weighted by atomic mass is 16.5. The summed E-state index contributed by atoms with van der Waals surface area (Å²) in [6.07, 6.45) is 9.06. The molecule has 1 atom stereocenters. The van der Waals surface area contributed by atoms with E-state index in [0.29, 0.717) is 32.5 Å². The smallest absolute Gasteiger partial charge is 0.222 e. The highest BCUT2D eigenvalue weighted by Crippen LogP contribution is 2.22. The lowest BCUT2D eigenvalue weighted by atomic mass is 9.90. The molecule has 0 radical (unpaired) electrons. The zero-order valence-corrected chi connectivity index (χ0v) is 12.6. The Hall–Kier alpha value is -1.40. The van der Waals surface area contributed by atoms with E-state index in [2.05, 4.69) is 17.2 Å². The Morgan fingerprint density at radius 3 is 2.86 bits per heavy atom. The molecule has 2 heterocycles. The Bertz CT molecular complexity index is 427. The third-order valence-corrected chi connectivity index (χ3v) is 4.15. The molecule has 1 aliphatic rings. The molecule has 21 heavy (non-hydrogen) atoms. The van der Waals surface area contributed by atoms with Crippen LogP contribution in [0.2, 0.25) is 0 Å². The number of rotatable bonds is 7. The SMILES string of the molecule is CCCC(CC(=O)NC1(CO)CCOCC1)n1ccnc1. The lowest BCUT2D eigenvalue weighted by molar-refractivity contribution is -0.126. The summed E-state index contributed by atoms with van der Waals surface area (Å²) in [7, 11) is 0. The van der Waals surface area contributed by atoms with Gasteiger partial charge in [0, 0.05) is 38.1 Å². The number of carbonyl (C=O) groups is 1. The fourth-order valence-corrected chi connectivity index (χ4v) is 2.82. The van der Waals surface area contributed by atoms with Crippen LogP contribution < -0.4 is 5.32 Å². The van der Waals surface area contributed by atoms with Crippen molar-refractivity contribution in [2.24, 2.45) is 0 Å². The summed E-state index contributed by atoms with van der Waals surface area (Å²) in [5.74, 6) is -0.0156. The van der Waals surface area contributed by atoms with Crippen molar-refractivity contribution in [1.82, 2.24) is 14.9 Å². The average Bonchev–Trinajstić information content (AvgIpc) is 3.02. The molecule has 0 saturated carbocycles. The maximum Gasteiger partial charge on any atom is 0.222 e. The van der Waals surface area contributed by atoms with Crippen molar-refractivity contribution in [2.45, 2.75) is 50.6 Å². The van der Waals surface area contributed by atoms with Gasteiger partial charge in [-0.1, -0.05) is 13.3 Å². The van der Waals surface area contributed by atoms with Crippen LogP contribution in [-0.4, -0.2) is 45.9 Å². The number of aliphatic hydroxyl groups is 1. The molecule has 1 fully saturated rings. The van der Waals surface area contributed by atoms with Gasteiger partial charge in [-0.15, -0.1) is 0 Å². The lowest BCUT2D eigenvalue weighted by Crippen LogP contribution is -2.54. The highest BCUT2D eigenvalue weighted by Gasteiger charge is 2.33. The first-order chi connectivity index (χ1) is 10.2. The summed E-state index contributed by atoms with van der Waals surface area (Å²) in [6, 6.07) is 0.119. The Labute approximate surface area is 125 Å². The van der Waals surface area contributed by atoms with Crippen molar-refractivity contribution in [3.8, 4) is 0 Å². The molecule has 6 nitrogen and oxygen atoms in total. The van der Waals surface area contributed by atoms with Crippen LogP contribution in [-0.2, 0) is 9.53 Å². The maximum absolute atomic E-state index is 12.4. The van der Waals surface area contributed by atoms with Crippen LogP contribution in [0, 0.1) is 0 Å². The van der Waals surface area contributed by atoms with Gasteiger partial charge in [0.15, 0.2) is 0 Å². The first-order valence-electron chi connectivity index (χ1n) is 7.66. The predicted molar refractivity (Wildman–Crippen MR) is 78.8 cm³/mol. The van der Waals surface area contributed by atoms with Gasteiger partial charge in [0.2, 0.25) is 5.91 Å². The number of amides is 1. The van der Waals surface area contributed by atoms with Crippen LogP contribution in [0.15, 0.2) is 18.7 Å². The van der Waals surface area contributed by atoms with E-state index in [0.717, 1.165) is 12.8 Å². The van der Waals surface area contributed by atoms with Crippen LogP contribution in [0.3, 0.4) is 0 Å². The number of nitrogens with zero attached hydrogens (tertiary/aromatic N) is 2. The van der Waals surface area contributed by atoms with Crippen LogP contribution in [0.25, 0.3) is 0 Å². The summed E-state index contributed by atoms with van der Waals surface area (Å²) in [5.41, 5.74) is -0.513. The minimum absolute atomic E-state index is 0.0156. The number of hydrogen-bond donors (Lipinski definition) is 2. The van der Waals surface area contributed by atoms with Crippen LogP contribution in [0.1, 0.15) is 45.1 Å². The molecule has 118 valence electrons. The van der Waals surface area contributed by atoms with Crippen molar-refractivity contribution in [3.63, 3.8) is 0 Å². The third-order valence-electron chi connectivity index (χ3n) is 4.15. The van der Waals surface area contributed by atoms with Crippen molar-refractivity contribution in [3.05, 3.63) is 18.7 Å². The molecule has 1 saturated heterocycles. The number of aromatic nitrogens is 2. The molecule has 0 aliphatic carbocycles. The van der Waals surface area contributed by atoms with E-state index in [1.54, 1.807) is 12.5 Å². The van der Waals surface area contributed by atoms with E-state index >= 15 is 0 Å². The normalized spacial score (nSPS) is 19.1. The number of ether oxygens (including phenoxy) is 1. The van der Waals surface area contributed by atoms with E-state index in [1.165, 1.54) is 0 Å². The minimum Gasteiger partial charge on any atom is -0.394 e. The van der Waals surface area contributed by atoms with Gasteiger partial charge in [0.25, 0.3) is 0 Å². The van der Waals surface area contributed by atoms with Gasteiger partial charge in [-0.25, -0.2) is 4.98 Å². The molecule has 0 bridgehead atoms. The Morgan fingerprint density at radius 1 is 1.52 bits per heavy atom. The topological polar surface area (TPSA) is 76.4 Å². The zero-order valence-electron chi connectivity index (χ0n) is 12.6. The molecule has 1 unspecified atom stereocenters. The largest absolute Gasteiger partial charge is 0.394 e. The zero-order chi connectivity index (χ0) is 15.1. The summed E-state index contributed by atoms with van der Waals surface area (Å²) in [5, 5.41) is 12.7. The second kappa shape index (κ2) is 7.56. The Balaban J connectivity index is 1.95. The van der Waals surface area contributed by atoms with Crippen molar-refractivity contribution < 1.29 is 14.6 Å². The molecule has 0 spiro atoms. The van der Waals surface area contributed by atoms with Crippen molar-refractivity contribution in [2.75, 3.05) is 19.8 Å². The molecule has 2 N–H and O–H groups in total. The van der Waals surface area contributed by atoms with Gasteiger partial charge in [-0.2, -0.15) is 0 Å². The number of hydrogen-bond acceptors (Lipinski definition) is 4. The fourth-order valence-electron chi connectivity index (χ4n) is 2.82. The summed E-state index contributed by atoms with van der Waals surface area (Å²) in [6.45, 7) is 3.24. The summed E-state index contributed by atoms with van der Waals surface area (Å²) >= 11 is 0. The molecule has 2 rings (SSSR count). The van der Waals surface area contributed by atoms with Crippen molar-refractivity contribution >= 4 is 5.91 Å². The predicted octanol–water partition coefficient (Wildman–Crippen LogP) is 1.27. The monoisotopic (exact) mass is 295 g/mol. The van der Waals surface area contributed by atoms with Gasteiger partial charge in [-0.05, 0) is 19.3 Å². The summed E-state index contributed by atoms with van der Waals surface area (Å²) in [4.78, 5) is 16.4. The van der Waals surface area contributed by atoms with Crippen LogP contribution in [0.5, 0.6) is 0 Å². The molecule has 0 aromatic carbocycles. The number of imidazole rings is 1. The molecule has 1 aromatic rings. The lowest BCUT2D eigenvalue weighted by Gasteiger charge is -2.36. The Morgan fingerprint density at radius 2 is 2.29 bits per heavy atom. The second-order valence-corrected chi connectivity index (χ2v) is 5.76. The number of aliphatic hydroxyl groups excluding tert-OH is 1. The molecular weight excluding hydrogens is 270 g/mol. The molecule has 6 heteroatoms. The van der Waals surface area contributed by atoms with Gasteiger partial charge in [0.1, 0.15) is 0 Å². The van der Waals surface area contributed by atoms with Gasteiger partial charge >= 0.3 is 0 Å². The van der Waals surface area contributed by atoms with Crippen molar-refractivity contribution in [1.29, 1.82) is 0 Å². The molecular formula is C15H25N3O3. The Kier molecular flexibility index (Phi) is 5.76. The highest BCUT2D eigenvalue weighted by molar-refractivity contribution is 5.77. The minimum atomic E-state index is -0.513. The standard InChI is InChI=1S/C15H25N3O3/c1-2-3-13(18-7-6-16-12-18)10-14(20)17-15(11-19)4-8-21-9-5-15/h6-7,12-13,19H,2-5,8-11H2,1H3,(H,17,20). The van der Waals surface area contributed by atoms with Gasteiger partial charge < -0.3 is 19.7 Å². The average molecular weight is 295 g/mol. The van der Waals surface area contributed by atoms with Gasteiger partial charge in [0.05, 0.1) is 18.5 Å². The first-order valence-corrected chi connectivity index (χ1v) is 7.66. The van der Waals surface area contributed by atoms with E-state index < -0.39 is 5.54 Å². The third kappa shape index (κ3) is 4.28. The van der Waals surface area contributed by atoms with E-state index in [1.807, 2.05) is 10.8 Å². The van der Waals surface area contributed by atoms with E-state index in [9.17, 15) is 9.90 Å². The molecule has 1 aromatic heterocycles. The quantitative estimate of drug-likeness (QED) is 0.794. The first kappa shape index (κ1) is 16.0. The number of nitrogens with one attached hydrogen (secondary N) is 1. The van der Waals surface area contributed by atoms with Crippen LogP contribution in [0.4, 0.5) is 0 Å². The summed E-state index contributed by atoms with van der Waals surface area (Å²) < 4.78 is 7.30. The maximum atomic E-state index is 12.4. The fraction of sp³-hybridized carbons (Fsp3) is 0.733. The molecule has 1 aliphatic heterocycles. The van der Waals surface area contributed by atoms with E-state index in [4.69, 9.17) is 4.74 Å². The van der Waals surface area contributed by atoms with Crippen LogP contribution >= 0.6 is 0 Å². The molecule has 1 amide bonds.